The monoisotopic (exact) mass is 392 g/mol. The molecule has 1 aliphatic rings. The van der Waals surface area contributed by atoms with Gasteiger partial charge in [0.05, 0.1) is 4.90 Å². The molecule has 7 heteroatoms. The Kier molecular flexibility index (Phi) is 5.37. The molecule has 1 heterocycles. The van der Waals surface area contributed by atoms with E-state index in [0.29, 0.717) is 28.6 Å². The molecule has 0 radical (unpaired) electrons. The molecule has 26 heavy (non-hydrogen) atoms. The second-order valence-corrected chi connectivity index (χ2v) is 8.82. The SMILES string of the molecule is Cc1ccc(C)c(S(=O)(=O)N2CCN(C(=O)c3cccc(Cl)c3)CC2)c1. The topological polar surface area (TPSA) is 57.7 Å². The van der Waals surface area contributed by atoms with Crippen molar-refractivity contribution >= 4 is 27.5 Å². The lowest BCUT2D eigenvalue weighted by Crippen LogP contribution is -2.50. The Morgan fingerprint density at radius 2 is 1.69 bits per heavy atom. The Morgan fingerprint density at radius 3 is 2.35 bits per heavy atom. The summed E-state index contributed by atoms with van der Waals surface area (Å²) in [6, 6.07) is 12.2. The molecule has 0 saturated carbocycles. The first-order chi connectivity index (χ1) is 12.3. The fraction of sp³-hybridized carbons (Fsp3) is 0.316. The van der Waals surface area contributed by atoms with E-state index in [2.05, 4.69) is 0 Å². The van der Waals surface area contributed by atoms with E-state index in [9.17, 15) is 13.2 Å². The molecule has 2 aromatic carbocycles. The van der Waals surface area contributed by atoms with E-state index in [1.807, 2.05) is 19.1 Å². The molecule has 1 fully saturated rings. The summed E-state index contributed by atoms with van der Waals surface area (Å²) in [5.74, 6) is -0.128. The zero-order chi connectivity index (χ0) is 18.9. The number of amides is 1. The molecule has 0 bridgehead atoms. The van der Waals surface area contributed by atoms with E-state index in [-0.39, 0.29) is 19.0 Å². The third kappa shape index (κ3) is 3.77. The fourth-order valence-corrected chi connectivity index (χ4v) is 4.98. The van der Waals surface area contributed by atoms with Crippen LogP contribution in [0.4, 0.5) is 0 Å². The highest BCUT2D eigenvalue weighted by Crippen LogP contribution is 2.23. The number of sulfonamides is 1. The first kappa shape index (κ1) is 18.9. The molecule has 5 nitrogen and oxygen atoms in total. The lowest BCUT2D eigenvalue weighted by molar-refractivity contribution is 0.0698. The normalized spacial score (nSPS) is 15.9. The Hall–Kier alpha value is -1.89. The van der Waals surface area contributed by atoms with Gasteiger partial charge in [0.2, 0.25) is 10.0 Å². The first-order valence-corrected chi connectivity index (χ1v) is 10.2. The number of carbonyl (C=O) groups excluding carboxylic acids is 1. The van der Waals surface area contributed by atoms with Gasteiger partial charge in [-0.2, -0.15) is 4.31 Å². The largest absolute Gasteiger partial charge is 0.336 e. The number of aryl methyl sites for hydroxylation is 2. The van der Waals surface area contributed by atoms with Gasteiger partial charge in [0, 0.05) is 36.8 Å². The van der Waals surface area contributed by atoms with Gasteiger partial charge < -0.3 is 4.90 Å². The van der Waals surface area contributed by atoms with E-state index in [4.69, 9.17) is 11.6 Å². The van der Waals surface area contributed by atoms with Gasteiger partial charge in [-0.25, -0.2) is 8.42 Å². The number of carbonyl (C=O) groups is 1. The van der Waals surface area contributed by atoms with E-state index < -0.39 is 10.0 Å². The van der Waals surface area contributed by atoms with E-state index in [1.165, 1.54) is 4.31 Å². The van der Waals surface area contributed by atoms with Crippen molar-refractivity contribution in [3.63, 3.8) is 0 Å². The molecular weight excluding hydrogens is 372 g/mol. The Morgan fingerprint density at radius 1 is 1.00 bits per heavy atom. The molecule has 0 aliphatic carbocycles. The lowest BCUT2D eigenvalue weighted by Gasteiger charge is -2.34. The smallest absolute Gasteiger partial charge is 0.253 e. The highest BCUT2D eigenvalue weighted by Gasteiger charge is 2.31. The van der Waals surface area contributed by atoms with Crippen LogP contribution in [0.15, 0.2) is 47.4 Å². The molecule has 1 saturated heterocycles. The van der Waals surface area contributed by atoms with Crippen LogP contribution in [0, 0.1) is 13.8 Å². The quantitative estimate of drug-likeness (QED) is 0.806. The van der Waals surface area contributed by atoms with Crippen molar-refractivity contribution in [2.45, 2.75) is 18.7 Å². The maximum atomic E-state index is 13.0. The summed E-state index contributed by atoms with van der Waals surface area (Å²) in [6.07, 6.45) is 0. The maximum absolute atomic E-state index is 13.0. The zero-order valence-corrected chi connectivity index (χ0v) is 16.3. The summed E-state index contributed by atoms with van der Waals surface area (Å²) < 4.78 is 27.4. The molecule has 2 aromatic rings. The van der Waals surface area contributed by atoms with Crippen LogP contribution >= 0.6 is 11.6 Å². The van der Waals surface area contributed by atoms with Crippen LogP contribution in [-0.2, 0) is 10.0 Å². The minimum atomic E-state index is -3.56. The predicted octanol–water partition coefficient (Wildman–Crippen LogP) is 3.10. The van der Waals surface area contributed by atoms with Gasteiger partial charge in [-0.15, -0.1) is 0 Å². The third-order valence-corrected chi connectivity index (χ3v) is 6.83. The number of piperazine rings is 1. The van der Waals surface area contributed by atoms with Crippen LogP contribution in [0.2, 0.25) is 5.02 Å². The summed E-state index contributed by atoms with van der Waals surface area (Å²) in [6.45, 7) is 4.94. The molecule has 0 N–H and O–H groups in total. The van der Waals surface area contributed by atoms with Crippen LogP contribution in [0.25, 0.3) is 0 Å². The van der Waals surface area contributed by atoms with Gasteiger partial charge in [0.1, 0.15) is 0 Å². The Balaban J connectivity index is 1.74. The number of benzene rings is 2. The highest BCUT2D eigenvalue weighted by atomic mass is 35.5. The molecule has 0 spiro atoms. The minimum Gasteiger partial charge on any atom is -0.336 e. The predicted molar refractivity (Wildman–Crippen MR) is 102 cm³/mol. The van der Waals surface area contributed by atoms with Gasteiger partial charge in [-0.05, 0) is 49.2 Å². The van der Waals surface area contributed by atoms with Gasteiger partial charge in [0.25, 0.3) is 5.91 Å². The van der Waals surface area contributed by atoms with Gasteiger partial charge in [-0.1, -0.05) is 29.8 Å². The number of hydrogen-bond donors (Lipinski definition) is 0. The molecule has 0 atom stereocenters. The molecule has 1 amide bonds. The summed E-state index contributed by atoms with van der Waals surface area (Å²) in [5.41, 5.74) is 2.15. The van der Waals surface area contributed by atoms with E-state index in [1.54, 1.807) is 42.2 Å². The summed E-state index contributed by atoms with van der Waals surface area (Å²) >= 11 is 5.95. The van der Waals surface area contributed by atoms with Crippen LogP contribution in [0.3, 0.4) is 0 Å². The van der Waals surface area contributed by atoms with E-state index in [0.717, 1.165) is 11.1 Å². The Bertz CT molecular complexity index is 936. The van der Waals surface area contributed by atoms with Gasteiger partial charge >= 0.3 is 0 Å². The zero-order valence-electron chi connectivity index (χ0n) is 14.8. The number of nitrogens with zero attached hydrogens (tertiary/aromatic N) is 2. The number of halogens is 1. The summed E-state index contributed by atoms with van der Waals surface area (Å²) in [4.78, 5) is 14.6. The van der Waals surface area contributed by atoms with Crippen molar-refractivity contribution < 1.29 is 13.2 Å². The van der Waals surface area contributed by atoms with E-state index >= 15 is 0 Å². The number of hydrogen-bond acceptors (Lipinski definition) is 3. The first-order valence-electron chi connectivity index (χ1n) is 8.41. The molecule has 138 valence electrons. The minimum absolute atomic E-state index is 0.128. The summed E-state index contributed by atoms with van der Waals surface area (Å²) in [7, 11) is -3.56. The second-order valence-electron chi connectivity index (χ2n) is 6.48. The van der Waals surface area contributed by atoms with Crippen molar-refractivity contribution in [2.24, 2.45) is 0 Å². The average Bonchev–Trinajstić information content (AvgIpc) is 2.63. The van der Waals surface area contributed by atoms with Crippen LogP contribution in [0.5, 0.6) is 0 Å². The van der Waals surface area contributed by atoms with Crippen LogP contribution in [-0.4, -0.2) is 49.7 Å². The standard InChI is InChI=1S/C19H21ClN2O3S/c1-14-6-7-15(2)18(12-14)26(24,25)22-10-8-21(9-11-22)19(23)16-4-3-5-17(20)13-16/h3-7,12-13H,8-11H2,1-2H3. The van der Waals surface area contributed by atoms with Gasteiger partial charge in [0.15, 0.2) is 0 Å². The second kappa shape index (κ2) is 7.39. The number of rotatable bonds is 3. The lowest BCUT2D eigenvalue weighted by atomic mass is 10.2. The van der Waals surface area contributed by atoms with Crippen LogP contribution in [0.1, 0.15) is 21.5 Å². The molecule has 1 aliphatic heterocycles. The molecular formula is C19H21ClN2O3S. The van der Waals surface area contributed by atoms with Crippen molar-refractivity contribution in [3.8, 4) is 0 Å². The summed E-state index contributed by atoms with van der Waals surface area (Å²) in [5, 5.41) is 0.506. The fourth-order valence-electron chi connectivity index (χ4n) is 3.06. The molecule has 3 rings (SSSR count). The molecule has 0 unspecified atom stereocenters. The highest BCUT2D eigenvalue weighted by molar-refractivity contribution is 7.89. The third-order valence-electron chi connectivity index (χ3n) is 4.56. The van der Waals surface area contributed by atoms with Gasteiger partial charge in [-0.3, -0.25) is 4.79 Å². The van der Waals surface area contributed by atoms with Crippen molar-refractivity contribution in [1.82, 2.24) is 9.21 Å². The van der Waals surface area contributed by atoms with Crippen molar-refractivity contribution in [3.05, 3.63) is 64.2 Å². The Labute approximate surface area is 159 Å². The molecule has 0 aromatic heterocycles. The van der Waals surface area contributed by atoms with Crippen molar-refractivity contribution in [2.75, 3.05) is 26.2 Å². The average molecular weight is 393 g/mol. The van der Waals surface area contributed by atoms with Crippen LogP contribution < -0.4 is 0 Å². The van der Waals surface area contributed by atoms with Crippen molar-refractivity contribution in [1.29, 1.82) is 0 Å². The maximum Gasteiger partial charge on any atom is 0.253 e.